The van der Waals surface area contributed by atoms with Crippen LogP contribution in [0.1, 0.15) is 87.6 Å². The van der Waals surface area contributed by atoms with Gasteiger partial charge in [0.1, 0.15) is 0 Å². The van der Waals surface area contributed by atoms with E-state index in [1.54, 1.807) is 47.9 Å². The zero-order chi connectivity index (χ0) is 47.2. The van der Waals surface area contributed by atoms with Gasteiger partial charge in [0.15, 0.2) is 0 Å². The van der Waals surface area contributed by atoms with Gasteiger partial charge in [0.2, 0.25) is 11.1 Å². The Kier molecular flexibility index (Phi) is 10.9. The lowest BCUT2D eigenvalue weighted by atomic mass is 9.64. The van der Waals surface area contributed by atoms with Crippen molar-refractivity contribution in [2.45, 2.75) is 124 Å². The van der Waals surface area contributed by atoms with E-state index < -0.39 is 99.2 Å². The third-order valence-corrected chi connectivity index (χ3v) is 16.0. The second-order valence-electron chi connectivity index (χ2n) is 19.1. The first-order valence-corrected chi connectivity index (χ1v) is 21.8. The zero-order valence-corrected chi connectivity index (χ0v) is 36.7. The van der Waals surface area contributed by atoms with Gasteiger partial charge in [-0.25, -0.2) is 19.2 Å². The number of halogens is 3. The van der Waals surface area contributed by atoms with Crippen LogP contribution in [0.5, 0.6) is 0 Å². The minimum absolute atomic E-state index is 0.122. The van der Waals surface area contributed by atoms with Crippen molar-refractivity contribution < 1.29 is 51.4 Å². The number of benzene rings is 3. The summed E-state index contributed by atoms with van der Waals surface area (Å²) in [6.07, 6.45) is -5.28. The summed E-state index contributed by atoms with van der Waals surface area (Å²) < 4.78 is 52.9. The van der Waals surface area contributed by atoms with Crippen molar-refractivity contribution in [2.24, 2.45) is 28.9 Å². The molecule has 0 saturated carbocycles. The van der Waals surface area contributed by atoms with Gasteiger partial charge in [-0.15, -0.1) is 0 Å². The van der Waals surface area contributed by atoms with Crippen molar-refractivity contribution in [3.05, 3.63) is 101 Å². The van der Waals surface area contributed by atoms with Crippen molar-refractivity contribution in [3.63, 3.8) is 0 Å². The van der Waals surface area contributed by atoms with Crippen LogP contribution in [0.2, 0.25) is 0 Å². The van der Waals surface area contributed by atoms with Crippen LogP contribution in [0.3, 0.4) is 0 Å². The molecule has 65 heavy (non-hydrogen) atoms. The number of likely N-dealkylation sites (tertiary alicyclic amines) is 2. The van der Waals surface area contributed by atoms with Crippen molar-refractivity contribution in [3.8, 4) is 0 Å². The minimum Gasteiger partial charge on any atom is -0.375 e. The van der Waals surface area contributed by atoms with Crippen molar-refractivity contribution in [1.82, 2.24) is 9.80 Å². The highest BCUT2D eigenvalue weighted by molar-refractivity contribution is 6.12. The van der Waals surface area contributed by atoms with Gasteiger partial charge in [-0.05, 0) is 104 Å². The number of hydrogen-bond acceptors (Lipinski definition) is 11. The Balaban J connectivity index is 1.32. The summed E-state index contributed by atoms with van der Waals surface area (Å²) in [4.78, 5) is 88.7. The van der Waals surface area contributed by atoms with Gasteiger partial charge in [-0.2, -0.15) is 13.2 Å². The average molecular weight is 902 g/mol. The van der Waals surface area contributed by atoms with Crippen molar-refractivity contribution >= 4 is 41.6 Å². The number of hydrogen-bond donors (Lipinski definition) is 4. The number of anilines is 1. The fourth-order valence-corrected chi connectivity index (χ4v) is 13.2. The quantitative estimate of drug-likeness (QED) is 0.156. The molecule has 0 aromatic heterocycles. The first-order valence-electron chi connectivity index (χ1n) is 21.8. The fraction of sp³-hybridized carbons (Fsp3) is 0.489. The number of amides is 4. The Labute approximate surface area is 373 Å². The van der Waals surface area contributed by atoms with Crippen molar-refractivity contribution in [1.29, 1.82) is 0 Å². The summed E-state index contributed by atoms with van der Waals surface area (Å²) in [5.41, 5.74) is 17.5. The summed E-state index contributed by atoms with van der Waals surface area (Å²) >= 11 is 0. The molecule has 4 bridgehead atoms. The predicted molar refractivity (Wildman–Crippen MR) is 230 cm³/mol. The van der Waals surface area contributed by atoms with E-state index in [-0.39, 0.29) is 25.9 Å². The predicted octanol–water partition coefficient (Wildman–Crippen LogP) is 4.33. The first kappa shape index (κ1) is 45.6. The number of nitrogens with zero attached hydrogens (tertiary/aromatic N) is 3. The lowest BCUT2D eigenvalue weighted by Gasteiger charge is -2.56. The van der Waals surface area contributed by atoms with Crippen LogP contribution in [0.25, 0.3) is 0 Å². The van der Waals surface area contributed by atoms with E-state index in [4.69, 9.17) is 32.4 Å². The number of rotatable bonds is 11. The van der Waals surface area contributed by atoms with Crippen LogP contribution < -0.4 is 27.8 Å². The third-order valence-electron chi connectivity index (χ3n) is 16.0. The van der Waals surface area contributed by atoms with Crippen LogP contribution in [0.4, 0.5) is 28.4 Å². The number of fused-ring (bicyclic) bond motifs is 4. The van der Waals surface area contributed by atoms with Gasteiger partial charge < -0.3 is 37.3 Å². The topological polar surface area (TPSA) is 235 Å². The molecular weight excluding hydrogens is 848 g/mol. The largest absolute Gasteiger partial charge is 0.416 e. The maximum Gasteiger partial charge on any atom is 0.416 e. The molecule has 6 unspecified atom stereocenters. The molecule has 8 rings (SSSR count). The second kappa shape index (κ2) is 15.6. The fourth-order valence-electron chi connectivity index (χ4n) is 13.2. The van der Waals surface area contributed by atoms with Crippen LogP contribution in [-0.4, -0.2) is 93.6 Å². The van der Waals surface area contributed by atoms with E-state index in [2.05, 4.69) is 0 Å². The maximum atomic E-state index is 14.8. The number of primary amides is 4. The Morgan fingerprint density at radius 1 is 0.662 bits per heavy atom. The monoisotopic (exact) mass is 901 g/mol. The number of nitrogens with two attached hydrogens (primary N) is 4. The van der Waals surface area contributed by atoms with E-state index >= 15 is 0 Å². The molecule has 3 aromatic rings. The van der Waals surface area contributed by atoms with E-state index in [0.717, 1.165) is 23.3 Å². The van der Waals surface area contributed by atoms with E-state index in [0.29, 0.717) is 48.9 Å². The molecule has 3 heterocycles. The lowest BCUT2D eigenvalue weighted by molar-refractivity contribution is -0.167. The van der Waals surface area contributed by atoms with Gasteiger partial charge in [0.05, 0.1) is 11.1 Å². The maximum absolute atomic E-state index is 14.8. The number of esters is 2. The highest BCUT2D eigenvalue weighted by Gasteiger charge is 2.72. The second-order valence-corrected chi connectivity index (χ2v) is 19.1. The molecule has 18 heteroatoms. The smallest absolute Gasteiger partial charge is 0.375 e. The number of ether oxygens (including phenoxy) is 2. The highest BCUT2D eigenvalue weighted by Crippen LogP contribution is 2.57. The van der Waals surface area contributed by atoms with Gasteiger partial charge in [0.25, 0.3) is 11.8 Å². The molecule has 8 N–H and O–H groups in total. The van der Waals surface area contributed by atoms with Gasteiger partial charge in [-0.3, -0.25) is 19.4 Å². The molecule has 9 atom stereocenters. The van der Waals surface area contributed by atoms with Crippen LogP contribution in [-0.2, 0) is 58.5 Å². The summed E-state index contributed by atoms with van der Waals surface area (Å²) in [6.45, 7) is 7.58. The zero-order valence-electron chi connectivity index (χ0n) is 36.7. The summed E-state index contributed by atoms with van der Waals surface area (Å²) in [6, 6.07) is 17.0. The van der Waals surface area contributed by atoms with E-state index in [1.807, 2.05) is 43.0 Å². The van der Waals surface area contributed by atoms with Crippen LogP contribution in [0.15, 0.2) is 72.8 Å². The lowest BCUT2D eigenvalue weighted by Crippen LogP contribution is -2.77. The average Bonchev–Trinajstić information content (AvgIpc) is 4.03. The first-order chi connectivity index (χ1) is 30.5. The summed E-state index contributed by atoms with van der Waals surface area (Å²) in [5.74, 6) is -5.06. The van der Waals surface area contributed by atoms with Gasteiger partial charge in [-0.1, -0.05) is 69.3 Å². The molecule has 15 nitrogen and oxygen atoms in total. The Morgan fingerprint density at radius 2 is 1.14 bits per heavy atom. The molecule has 2 aliphatic carbocycles. The molecule has 5 aliphatic rings. The molecule has 3 saturated heterocycles. The molecule has 3 aromatic carbocycles. The minimum atomic E-state index is -4.67. The van der Waals surface area contributed by atoms with Crippen molar-refractivity contribution in [2.75, 3.05) is 18.0 Å². The number of carbonyl (C=O) groups is 6. The molecule has 0 radical (unpaired) electrons. The number of alkyl halides is 3. The van der Waals surface area contributed by atoms with Gasteiger partial charge >= 0.3 is 30.3 Å². The van der Waals surface area contributed by atoms with Crippen LogP contribution in [0, 0.1) is 5.92 Å². The SMILES string of the molecule is CC1CC(C2CCCN2[C@@](C(N)=O)(C(=O)OC(N)=O)C2(C)Cc3cccc2c3)N(c2ccc(C(F)(F)F)cc2)[C@@]1(C)C1CCCN1[C@@](C(N)=O)(C(=O)OC(N)=O)C1(C)Cc2cccc1c2. The normalized spacial score (nSPS) is 30.4. The van der Waals surface area contributed by atoms with Crippen LogP contribution >= 0.6 is 0 Å². The standard InChI is InChI=1S/C47H54F3N7O8/c1-26-21-34(33-13-7-19-55(33)45(36(51)58,38(60)64-40(53)62)42(2)24-27-9-5-11-30(42)22-27)57(32-17-15-29(16-18-32)47(48,49)50)44(26,4)35-14-8-20-56(35)46(37(52)59,39(61)65-41(54)63)43(3)25-28-10-6-12-31(43)23-28/h5-6,9-12,15-18,22-23,26,33-35H,7-8,13-14,19-21,24-25H2,1-4H3,(H2,51,58)(H2,52,59)(H2,53,62)(H2,54,63)/t26?,33?,34?,35?,42?,43?,44-,45+,46+/m1/s1. The summed E-state index contributed by atoms with van der Waals surface area (Å²) in [7, 11) is 0. The molecular formula is C47H54F3N7O8. The number of carbonyl (C=O) groups excluding carboxylic acids is 6. The summed E-state index contributed by atoms with van der Waals surface area (Å²) in [5, 5.41) is 0. The molecule has 4 amide bonds. The molecule has 0 spiro atoms. The Hall–Kier alpha value is -6.01. The molecule has 3 aliphatic heterocycles. The third kappa shape index (κ3) is 6.44. The molecule has 3 fully saturated rings. The van der Waals surface area contributed by atoms with E-state index in [1.165, 1.54) is 12.1 Å². The molecule has 346 valence electrons. The Bertz CT molecular complexity index is 2490. The Morgan fingerprint density at radius 3 is 1.60 bits per heavy atom. The van der Waals surface area contributed by atoms with Gasteiger partial charge in [0, 0.05) is 47.7 Å². The van der Waals surface area contributed by atoms with E-state index in [9.17, 15) is 41.9 Å². The highest BCUT2D eigenvalue weighted by atomic mass is 19.4.